The minimum Gasteiger partial charge on any atom is -0.480 e. The van der Waals surface area contributed by atoms with Crippen molar-refractivity contribution < 1.29 is 38.5 Å². The van der Waals surface area contributed by atoms with Crippen LogP contribution in [0.3, 0.4) is 0 Å². The zero-order chi connectivity index (χ0) is 36.5. The number of aliphatic carboxylic acids is 1. The van der Waals surface area contributed by atoms with Crippen molar-refractivity contribution in [2.24, 2.45) is 0 Å². The van der Waals surface area contributed by atoms with Crippen molar-refractivity contribution in [3.8, 4) is 11.1 Å². The largest absolute Gasteiger partial charge is 0.480 e. The van der Waals surface area contributed by atoms with E-state index in [9.17, 15) is 24.3 Å². The molecule has 3 amide bonds. The number of carbonyl (C=O) groups excluding carboxylic acids is 3. The van der Waals surface area contributed by atoms with Crippen LogP contribution in [0.15, 0.2) is 109 Å². The Morgan fingerprint density at radius 3 is 1.77 bits per heavy atom. The van der Waals surface area contributed by atoms with Crippen molar-refractivity contribution in [2.75, 3.05) is 26.2 Å². The van der Waals surface area contributed by atoms with Crippen LogP contribution in [0.25, 0.3) is 11.1 Å². The van der Waals surface area contributed by atoms with E-state index in [0.717, 1.165) is 33.4 Å². The van der Waals surface area contributed by atoms with E-state index in [1.54, 1.807) is 4.90 Å². The van der Waals surface area contributed by atoms with Crippen LogP contribution in [0.4, 0.5) is 14.4 Å². The van der Waals surface area contributed by atoms with E-state index in [-0.39, 0.29) is 32.2 Å². The Bertz CT molecular complexity index is 1720. The highest BCUT2D eigenvalue weighted by Crippen LogP contribution is 2.44. The van der Waals surface area contributed by atoms with Crippen LogP contribution in [-0.2, 0) is 32.2 Å². The van der Waals surface area contributed by atoms with Gasteiger partial charge in [-0.05, 0) is 65.5 Å². The summed E-state index contributed by atoms with van der Waals surface area (Å²) < 4.78 is 16.4. The van der Waals surface area contributed by atoms with Gasteiger partial charge in [-0.1, -0.05) is 109 Å². The Kier molecular flexibility index (Phi) is 14.0. The molecule has 0 spiro atoms. The first-order chi connectivity index (χ1) is 25.4. The topological polar surface area (TPSA) is 144 Å². The molecule has 0 aliphatic heterocycles. The molecular weight excluding hydrogens is 662 g/mol. The lowest BCUT2D eigenvalue weighted by molar-refractivity contribution is -0.139. The molecule has 0 heterocycles. The summed E-state index contributed by atoms with van der Waals surface area (Å²) in [6, 6.07) is 33.6. The highest BCUT2D eigenvalue weighted by molar-refractivity contribution is 5.81. The minimum atomic E-state index is -1.16. The second-order valence-corrected chi connectivity index (χ2v) is 12.6. The van der Waals surface area contributed by atoms with Gasteiger partial charge in [0.25, 0.3) is 0 Å². The number of nitrogens with one attached hydrogen (secondary N) is 2. The highest BCUT2D eigenvalue weighted by atomic mass is 16.6. The van der Waals surface area contributed by atoms with E-state index in [1.807, 2.05) is 109 Å². The number of fused-ring (bicyclic) bond motifs is 3. The number of nitrogens with zero attached hydrogens (tertiary/aromatic N) is 1. The molecule has 0 saturated carbocycles. The van der Waals surface area contributed by atoms with Crippen LogP contribution in [0.5, 0.6) is 0 Å². The quantitative estimate of drug-likeness (QED) is 0.0713. The van der Waals surface area contributed by atoms with Crippen molar-refractivity contribution in [3.05, 3.63) is 131 Å². The number of carboxylic acids is 1. The Hall–Kier alpha value is -5.84. The third-order valence-electron chi connectivity index (χ3n) is 8.90. The molecule has 11 nitrogen and oxygen atoms in total. The normalized spacial score (nSPS) is 12.2. The van der Waals surface area contributed by atoms with Crippen molar-refractivity contribution >= 4 is 24.2 Å². The third kappa shape index (κ3) is 11.1. The number of carbonyl (C=O) groups is 4. The van der Waals surface area contributed by atoms with Gasteiger partial charge in [0, 0.05) is 25.6 Å². The van der Waals surface area contributed by atoms with E-state index in [1.165, 1.54) is 0 Å². The molecule has 0 radical (unpaired) electrons. The monoisotopic (exact) mass is 707 g/mol. The lowest BCUT2D eigenvalue weighted by Gasteiger charge is -2.23. The Labute approximate surface area is 303 Å². The molecule has 0 unspecified atom stereocenters. The number of rotatable bonds is 18. The maximum atomic E-state index is 13.1. The molecule has 52 heavy (non-hydrogen) atoms. The fraction of sp³-hybridized carbons (Fsp3) is 0.317. The molecule has 0 fully saturated rings. The summed E-state index contributed by atoms with van der Waals surface area (Å²) in [7, 11) is 0. The summed E-state index contributed by atoms with van der Waals surface area (Å²) in [6.45, 7) is 1.47. The number of unbranched alkanes of at least 4 members (excludes halogenated alkanes) is 2. The predicted molar refractivity (Wildman–Crippen MR) is 196 cm³/mol. The summed E-state index contributed by atoms with van der Waals surface area (Å²) in [4.78, 5) is 51.6. The van der Waals surface area contributed by atoms with Crippen molar-refractivity contribution in [1.29, 1.82) is 0 Å². The van der Waals surface area contributed by atoms with Gasteiger partial charge < -0.3 is 34.9 Å². The fourth-order valence-electron chi connectivity index (χ4n) is 6.19. The highest BCUT2D eigenvalue weighted by Gasteiger charge is 2.30. The van der Waals surface area contributed by atoms with Gasteiger partial charge in [-0.15, -0.1) is 0 Å². The average Bonchev–Trinajstić information content (AvgIpc) is 3.49. The molecule has 0 saturated heterocycles. The van der Waals surface area contributed by atoms with Crippen LogP contribution in [0, 0.1) is 0 Å². The Balaban J connectivity index is 1.05. The number of hydrogen-bond donors (Lipinski definition) is 3. The maximum absolute atomic E-state index is 13.1. The maximum Gasteiger partial charge on any atom is 0.410 e. The van der Waals surface area contributed by atoms with Crippen LogP contribution in [0.2, 0.25) is 0 Å². The molecule has 0 aromatic heterocycles. The number of ether oxygens (including phenoxy) is 3. The second kappa shape index (κ2) is 19.5. The molecule has 11 heteroatoms. The fourth-order valence-corrected chi connectivity index (χ4v) is 6.19. The van der Waals surface area contributed by atoms with Gasteiger partial charge in [0.2, 0.25) is 0 Å². The van der Waals surface area contributed by atoms with Gasteiger partial charge in [-0.3, -0.25) is 0 Å². The van der Waals surface area contributed by atoms with E-state index in [0.29, 0.717) is 45.3 Å². The van der Waals surface area contributed by atoms with E-state index in [4.69, 9.17) is 14.2 Å². The second-order valence-electron chi connectivity index (χ2n) is 12.6. The van der Waals surface area contributed by atoms with E-state index >= 15 is 0 Å². The average molecular weight is 708 g/mol. The first-order valence-electron chi connectivity index (χ1n) is 17.6. The molecule has 272 valence electrons. The Morgan fingerprint density at radius 1 is 0.635 bits per heavy atom. The number of benzene rings is 4. The minimum absolute atomic E-state index is 0.0800. The molecule has 1 aliphatic carbocycles. The van der Waals surface area contributed by atoms with Crippen molar-refractivity contribution in [1.82, 2.24) is 15.5 Å². The van der Waals surface area contributed by atoms with Gasteiger partial charge >= 0.3 is 24.2 Å². The SMILES string of the molecule is O=C(NCCCCN(CCCC[C@H](NC(=O)OCC1c2ccccc2-c2ccccc21)C(=O)O)C(=O)OCc1ccccc1)OCc1ccccc1. The molecule has 5 rings (SSSR count). The van der Waals surface area contributed by atoms with Gasteiger partial charge in [0.15, 0.2) is 0 Å². The zero-order valence-corrected chi connectivity index (χ0v) is 29.1. The lowest BCUT2D eigenvalue weighted by Crippen LogP contribution is -2.41. The first-order valence-corrected chi connectivity index (χ1v) is 17.6. The number of carboxylic acid groups (broad SMARTS) is 1. The summed E-state index contributed by atoms with van der Waals surface area (Å²) in [5.41, 5.74) is 6.09. The number of hydrogen-bond acceptors (Lipinski definition) is 7. The van der Waals surface area contributed by atoms with Crippen LogP contribution in [-0.4, -0.2) is 66.5 Å². The molecule has 4 aromatic rings. The first kappa shape index (κ1) is 37.4. The van der Waals surface area contributed by atoms with Crippen LogP contribution in [0.1, 0.15) is 60.3 Å². The smallest absolute Gasteiger partial charge is 0.410 e. The van der Waals surface area contributed by atoms with Gasteiger partial charge in [0.05, 0.1) is 0 Å². The predicted octanol–water partition coefficient (Wildman–Crippen LogP) is 7.49. The van der Waals surface area contributed by atoms with Crippen molar-refractivity contribution in [2.45, 2.75) is 57.3 Å². The third-order valence-corrected chi connectivity index (χ3v) is 8.90. The molecule has 1 atom stereocenters. The lowest BCUT2D eigenvalue weighted by atomic mass is 9.98. The summed E-state index contributed by atoms with van der Waals surface area (Å²) in [5, 5.41) is 15.1. The molecular formula is C41H45N3O8. The van der Waals surface area contributed by atoms with E-state index in [2.05, 4.69) is 10.6 Å². The zero-order valence-electron chi connectivity index (χ0n) is 29.1. The van der Waals surface area contributed by atoms with E-state index < -0.39 is 30.3 Å². The standard InChI is InChI=1S/C41H45N3O8/c45-38(46)37(43-40(48)51-29-36-34-21-9-7-19-32(34)33-20-8-10-22-35(33)36)23-11-13-25-44(41(49)52-28-31-17-5-2-6-18-31)26-14-12-24-42-39(47)50-27-30-15-3-1-4-16-30/h1-10,15-22,36-37H,11-14,23-29H2,(H,42,47)(H,43,48)(H,45,46)/t37-/m0/s1. The van der Waals surface area contributed by atoms with Gasteiger partial charge in [-0.2, -0.15) is 0 Å². The van der Waals surface area contributed by atoms with Gasteiger partial charge in [-0.25, -0.2) is 19.2 Å². The van der Waals surface area contributed by atoms with Crippen LogP contribution < -0.4 is 10.6 Å². The molecule has 3 N–H and O–H groups in total. The Morgan fingerprint density at radius 2 is 1.17 bits per heavy atom. The summed E-state index contributed by atoms with van der Waals surface area (Å²) >= 11 is 0. The van der Waals surface area contributed by atoms with Gasteiger partial charge in [0.1, 0.15) is 25.9 Å². The number of alkyl carbamates (subject to hydrolysis) is 2. The van der Waals surface area contributed by atoms with Crippen molar-refractivity contribution in [3.63, 3.8) is 0 Å². The van der Waals surface area contributed by atoms with Crippen LogP contribution >= 0.6 is 0 Å². The molecule has 4 aromatic carbocycles. The molecule has 1 aliphatic rings. The number of amides is 3. The summed E-state index contributed by atoms with van der Waals surface area (Å²) in [5.74, 6) is -1.30. The summed E-state index contributed by atoms with van der Waals surface area (Å²) in [6.07, 6.45) is 0.486. The molecule has 0 bridgehead atoms.